The monoisotopic (exact) mass is 617 g/mol. The van der Waals surface area contributed by atoms with Gasteiger partial charge in [0, 0.05) is 34.3 Å². The van der Waals surface area contributed by atoms with Crippen LogP contribution in [0.1, 0.15) is 38.2 Å². The third-order valence-corrected chi connectivity index (χ3v) is 9.71. The fourth-order valence-corrected chi connectivity index (χ4v) is 6.79. The Morgan fingerprint density at radius 2 is 1.61 bits per heavy atom. The zero-order valence-corrected chi connectivity index (χ0v) is 25.3. The van der Waals surface area contributed by atoms with Crippen LogP contribution in [0.4, 0.5) is 5.69 Å². The van der Waals surface area contributed by atoms with Gasteiger partial charge >= 0.3 is 0 Å². The van der Waals surface area contributed by atoms with Crippen LogP contribution in [0.2, 0.25) is 10.0 Å². The average Bonchev–Trinajstić information content (AvgIpc) is 3.48. The Morgan fingerprint density at radius 3 is 2.24 bits per heavy atom. The second-order valence-corrected chi connectivity index (χ2v) is 12.6. The highest BCUT2D eigenvalue weighted by Crippen LogP contribution is 2.30. The largest absolute Gasteiger partial charge is 0.497 e. The van der Waals surface area contributed by atoms with E-state index in [1.165, 1.54) is 24.1 Å². The summed E-state index contributed by atoms with van der Waals surface area (Å²) in [6.07, 6.45) is 3.82. The summed E-state index contributed by atoms with van der Waals surface area (Å²) < 4.78 is 34.1. The maximum absolute atomic E-state index is 14.1. The van der Waals surface area contributed by atoms with Gasteiger partial charge in [-0.2, -0.15) is 0 Å². The lowest BCUT2D eigenvalue weighted by molar-refractivity contribution is -0.139. The van der Waals surface area contributed by atoms with E-state index in [9.17, 15) is 18.0 Å². The van der Waals surface area contributed by atoms with Gasteiger partial charge in [0.15, 0.2) is 0 Å². The Labute approximate surface area is 251 Å². The summed E-state index contributed by atoms with van der Waals surface area (Å²) in [4.78, 5) is 28.8. The molecule has 0 heterocycles. The number of halogens is 2. The second kappa shape index (κ2) is 13.6. The summed E-state index contributed by atoms with van der Waals surface area (Å²) in [6, 6.07) is 18.4. The van der Waals surface area contributed by atoms with Crippen LogP contribution in [-0.4, -0.2) is 50.9 Å². The molecule has 218 valence electrons. The predicted octanol–water partition coefficient (Wildman–Crippen LogP) is 5.67. The fraction of sp³-hybridized carbons (Fsp3) is 0.333. The Balaban J connectivity index is 1.72. The zero-order valence-electron chi connectivity index (χ0n) is 22.9. The first-order chi connectivity index (χ1) is 19.6. The standard InChI is InChI=1S/C30H33Cl2N3O5S/c1-21(30(37)33-22-10-6-7-11-22)34(19-26-27(31)16-9-17-28(26)32)29(36)20-35(23-12-8-13-24(18-23)40-2)41(38,39)25-14-4-3-5-15-25/h3-5,8-9,12-18,21-22H,6-7,10-11,19-20H2,1-2H3,(H,33,37). The van der Waals surface area contributed by atoms with Crippen molar-refractivity contribution < 1.29 is 22.7 Å². The van der Waals surface area contributed by atoms with Crippen LogP contribution in [0.15, 0.2) is 77.7 Å². The van der Waals surface area contributed by atoms with Crippen molar-refractivity contribution in [2.45, 2.75) is 56.1 Å². The molecular formula is C30H33Cl2N3O5S. The maximum atomic E-state index is 14.1. The molecule has 11 heteroatoms. The number of nitrogens with one attached hydrogen (secondary N) is 1. The molecule has 0 saturated heterocycles. The predicted molar refractivity (Wildman–Crippen MR) is 161 cm³/mol. The Bertz CT molecular complexity index is 1460. The SMILES string of the molecule is COc1cccc(N(CC(=O)N(Cc2c(Cl)cccc2Cl)C(C)C(=O)NC2CCCC2)S(=O)(=O)c2ccccc2)c1. The third-order valence-electron chi connectivity index (χ3n) is 7.21. The molecule has 3 aromatic rings. The van der Waals surface area contributed by atoms with E-state index < -0.39 is 28.5 Å². The molecule has 4 rings (SSSR count). The minimum atomic E-state index is -4.18. The summed E-state index contributed by atoms with van der Waals surface area (Å²) in [5.74, 6) is -0.503. The second-order valence-electron chi connectivity index (χ2n) is 9.91. The molecule has 0 aromatic heterocycles. The van der Waals surface area contributed by atoms with Gasteiger partial charge in [0.05, 0.1) is 17.7 Å². The van der Waals surface area contributed by atoms with Crippen LogP contribution in [-0.2, 0) is 26.2 Å². The molecule has 3 aromatic carbocycles. The number of carbonyl (C=O) groups excluding carboxylic acids is 2. The van der Waals surface area contributed by atoms with Crippen LogP contribution in [0.3, 0.4) is 0 Å². The number of ether oxygens (including phenoxy) is 1. The van der Waals surface area contributed by atoms with Crippen molar-refractivity contribution in [1.29, 1.82) is 0 Å². The van der Waals surface area contributed by atoms with Crippen molar-refractivity contribution in [2.24, 2.45) is 0 Å². The molecule has 0 bridgehead atoms. The zero-order chi connectivity index (χ0) is 29.6. The first-order valence-electron chi connectivity index (χ1n) is 13.4. The van der Waals surface area contributed by atoms with Gasteiger partial charge < -0.3 is 15.0 Å². The summed E-state index contributed by atoms with van der Waals surface area (Å²) >= 11 is 12.9. The van der Waals surface area contributed by atoms with Gasteiger partial charge in [0.25, 0.3) is 10.0 Å². The molecule has 1 atom stereocenters. The van der Waals surface area contributed by atoms with Gasteiger partial charge in [0.2, 0.25) is 11.8 Å². The normalized spacial score (nSPS) is 14.3. The van der Waals surface area contributed by atoms with Crippen LogP contribution < -0.4 is 14.4 Å². The molecule has 1 unspecified atom stereocenters. The van der Waals surface area contributed by atoms with Crippen LogP contribution in [0.5, 0.6) is 5.75 Å². The van der Waals surface area contributed by atoms with Gasteiger partial charge in [-0.05, 0) is 56.2 Å². The molecule has 1 aliphatic carbocycles. The van der Waals surface area contributed by atoms with Crippen molar-refractivity contribution in [3.8, 4) is 5.75 Å². The number of benzene rings is 3. The van der Waals surface area contributed by atoms with E-state index in [-0.39, 0.29) is 29.1 Å². The number of rotatable bonds is 11. The smallest absolute Gasteiger partial charge is 0.264 e. The number of carbonyl (C=O) groups is 2. The van der Waals surface area contributed by atoms with Crippen molar-refractivity contribution >= 4 is 50.7 Å². The number of hydrogen-bond donors (Lipinski definition) is 1. The first kappa shape index (κ1) is 30.7. The molecule has 0 aliphatic heterocycles. The van der Waals surface area contributed by atoms with Crippen molar-refractivity contribution in [3.05, 3.63) is 88.4 Å². The molecule has 0 radical (unpaired) electrons. The number of sulfonamides is 1. The van der Waals surface area contributed by atoms with E-state index in [1.54, 1.807) is 67.6 Å². The Hall–Kier alpha value is -3.27. The summed E-state index contributed by atoms with van der Waals surface area (Å²) in [7, 11) is -2.71. The summed E-state index contributed by atoms with van der Waals surface area (Å²) in [5.41, 5.74) is 0.698. The summed E-state index contributed by atoms with van der Waals surface area (Å²) in [6.45, 7) is 0.954. The molecule has 41 heavy (non-hydrogen) atoms. The van der Waals surface area contributed by atoms with E-state index in [1.807, 2.05) is 0 Å². The fourth-order valence-electron chi connectivity index (χ4n) is 4.84. The quantitative estimate of drug-likeness (QED) is 0.299. The first-order valence-corrected chi connectivity index (χ1v) is 15.6. The third kappa shape index (κ3) is 7.33. The highest BCUT2D eigenvalue weighted by Gasteiger charge is 2.34. The average molecular weight is 619 g/mol. The lowest BCUT2D eigenvalue weighted by Crippen LogP contribution is -2.52. The Kier molecular flexibility index (Phi) is 10.2. The van der Waals surface area contributed by atoms with Crippen LogP contribution in [0, 0.1) is 0 Å². The molecule has 1 saturated carbocycles. The highest BCUT2D eigenvalue weighted by atomic mass is 35.5. The number of anilines is 1. The number of nitrogens with zero attached hydrogens (tertiary/aromatic N) is 2. The number of hydrogen-bond acceptors (Lipinski definition) is 5. The topological polar surface area (TPSA) is 96.0 Å². The van der Waals surface area contributed by atoms with Crippen LogP contribution in [0.25, 0.3) is 0 Å². The molecule has 1 fully saturated rings. The lowest BCUT2D eigenvalue weighted by Gasteiger charge is -2.33. The molecular weight excluding hydrogens is 585 g/mol. The minimum Gasteiger partial charge on any atom is -0.497 e. The van der Waals surface area contributed by atoms with E-state index in [0.29, 0.717) is 21.4 Å². The minimum absolute atomic E-state index is 0.0170. The molecule has 2 amide bonds. The van der Waals surface area contributed by atoms with Gasteiger partial charge in [-0.3, -0.25) is 13.9 Å². The van der Waals surface area contributed by atoms with Crippen LogP contribution >= 0.6 is 23.2 Å². The van der Waals surface area contributed by atoms with Gasteiger partial charge in [-0.15, -0.1) is 0 Å². The van der Waals surface area contributed by atoms with E-state index in [4.69, 9.17) is 27.9 Å². The van der Waals surface area contributed by atoms with Gasteiger partial charge in [-0.1, -0.05) is 66.4 Å². The van der Waals surface area contributed by atoms with E-state index in [2.05, 4.69) is 5.32 Å². The molecule has 8 nitrogen and oxygen atoms in total. The lowest BCUT2D eigenvalue weighted by atomic mass is 10.1. The number of methoxy groups -OCH3 is 1. The van der Waals surface area contributed by atoms with Crippen molar-refractivity contribution in [2.75, 3.05) is 18.0 Å². The molecule has 0 spiro atoms. The highest BCUT2D eigenvalue weighted by molar-refractivity contribution is 7.92. The molecule has 1 aliphatic rings. The summed E-state index contributed by atoms with van der Waals surface area (Å²) in [5, 5.41) is 3.71. The van der Waals surface area contributed by atoms with E-state index in [0.717, 1.165) is 30.0 Å². The maximum Gasteiger partial charge on any atom is 0.264 e. The van der Waals surface area contributed by atoms with Crippen molar-refractivity contribution in [1.82, 2.24) is 10.2 Å². The van der Waals surface area contributed by atoms with Crippen molar-refractivity contribution in [3.63, 3.8) is 0 Å². The molecule has 1 N–H and O–H groups in total. The number of amides is 2. The van der Waals surface area contributed by atoms with Gasteiger partial charge in [-0.25, -0.2) is 8.42 Å². The Morgan fingerprint density at radius 1 is 0.976 bits per heavy atom. The van der Waals surface area contributed by atoms with Gasteiger partial charge in [0.1, 0.15) is 18.3 Å². The van der Waals surface area contributed by atoms with E-state index >= 15 is 0 Å².